The number of allylic oxidation sites excluding steroid dienone is 1. The van der Waals surface area contributed by atoms with E-state index in [1.807, 2.05) is 17.6 Å². The molecule has 0 radical (unpaired) electrons. The summed E-state index contributed by atoms with van der Waals surface area (Å²) in [7, 11) is -3.19. The number of carbonyl (C=O) groups excluding carboxylic acids is 1. The Morgan fingerprint density at radius 2 is 2.09 bits per heavy atom. The van der Waals surface area contributed by atoms with Gasteiger partial charge in [0.05, 0.1) is 42.8 Å². The lowest BCUT2D eigenvalue weighted by molar-refractivity contribution is -0.0491. The van der Waals surface area contributed by atoms with Gasteiger partial charge in [0.25, 0.3) is 0 Å². The van der Waals surface area contributed by atoms with Gasteiger partial charge < -0.3 is 9.30 Å². The van der Waals surface area contributed by atoms with Gasteiger partial charge in [-0.2, -0.15) is 0 Å². The molecule has 3 heterocycles. The van der Waals surface area contributed by atoms with Crippen LogP contribution in [0.1, 0.15) is 47.4 Å². The van der Waals surface area contributed by atoms with E-state index in [0.29, 0.717) is 36.4 Å². The SMILES string of the molecule is Cc1c(F)cccc1[C@H](C1COC1)n1cnc2cc(C(=O)CC[C@H](C)/C=C/S(C)(=O)=O)ncc21. The predicted molar refractivity (Wildman–Crippen MR) is 128 cm³/mol. The number of aromatic nitrogens is 3. The zero-order chi connectivity index (χ0) is 24.5. The second-order valence-corrected chi connectivity index (χ2v) is 10.9. The van der Waals surface area contributed by atoms with Crippen LogP contribution < -0.4 is 0 Å². The second kappa shape index (κ2) is 9.76. The van der Waals surface area contributed by atoms with Crippen molar-refractivity contribution in [3.8, 4) is 0 Å². The molecule has 0 N–H and O–H groups in total. The molecule has 180 valence electrons. The van der Waals surface area contributed by atoms with Crippen LogP contribution in [0, 0.1) is 24.6 Å². The number of hydrogen-bond acceptors (Lipinski definition) is 6. The fourth-order valence-corrected chi connectivity index (χ4v) is 4.73. The minimum Gasteiger partial charge on any atom is -0.381 e. The molecule has 0 spiro atoms. The Morgan fingerprint density at radius 1 is 1.32 bits per heavy atom. The number of ether oxygens (including phenoxy) is 1. The van der Waals surface area contributed by atoms with E-state index in [-0.39, 0.29) is 35.9 Å². The minimum atomic E-state index is -3.19. The van der Waals surface area contributed by atoms with E-state index in [1.54, 1.807) is 37.7 Å². The zero-order valence-corrected chi connectivity index (χ0v) is 20.3. The highest BCUT2D eigenvalue weighted by Crippen LogP contribution is 2.36. The molecule has 2 atom stereocenters. The molecule has 1 fully saturated rings. The lowest BCUT2D eigenvalue weighted by Gasteiger charge is -2.35. The number of fused-ring (bicyclic) bond motifs is 1. The molecule has 0 bridgehead atoms. The molecule has 34 heavy (non-hydrogen) atoms. The van der Waals surface area contributed by atoms with Crippen molar-refractivity contribution in [3.63, 3.8) is 0 Å². The van der Waals surface area contributed by atoms with Gasteiger partial charge in [0.15, 0.2) is 15.6 Å². The van der Waals surface area contributed by atoms with Crippen LogP contribution in [0.3, 0.4) is 0 Å². The Balaban J connectivity index is 1.57. The zero-order valence-electron chi connectivity index (χ0n) is 19.4. The molecule has 0 unspecified atom stereocenters. The molecule has 1 saturated heterocycles. The van der Waals surface area contributed by atoms with Gasteiger partial charge >= 0.3 is 0 Å². The number of hydrogen-bond donors (Lipinski definition) is 0. The highest BCUT2D eigenvalue weighted by Gasteiger charge is 2.33. The van der Waals surface area contributed by atoms with Gasteiger partial charge in [-0.25, -0.2) is 17.8 Å². The number of nitrogens with zero attached hydrogens (tertiary/aromatic N) is 3. The van der Waals surface area contributed by atoms with Crippen molar-refractivity contribution in [2.24, 2.45) is 11.8 Å². The standard InChI is InChI=1S/C25H28FN3O4S/c1-16(9-10-34(3,31)32)7-8-24(30)22-11-21-23(12-27-22)29(15-28-21)25(18-13-33-14-18)19-5-4-6-20(26)17(19)2/h4-6,9-12,15-16,18,25H,7-8,13-14H2,1-3H3/b10-9+/t16-,25-/m0/s1. The second-order valence-electron chi connectivity index (χ2n) is 9.00. The third kappa shape index (κ3) is 5.26. The van der Waals surface area contributed by atoms with E-state index in [2.05, 4.69) is 9.97 Å². The predicted octanol–water partition coefficient (Wildman–Crippen LogP) is 4.27. The van der Waals surface area contributed by atoms with Gasteiger partial charge in [0.1, 0.15) is 11.5 Å². The highest BCUT2D eigenvalue weighted by atomic mass is 32.2. The van der Waals surface area contributed by atoms with Crippen LogP contribution in [0.2, 0.25) is 0 Å². The van der Waals surface area contributed by atoms with E-state index >= 15 is 0 Å². The number of Topliss-reactive ketones (excluding diaryl/α,β-unsaturated/α-hetero) is 1. The Bertz CT molecular complexity index is 1350. The molecule has 1 aliphatic rings. The van der Waals surface area contributed by atoms with Crippen molar-refractivity contribution in [1.29, 1.82) is 0 Å². The third-order valence-corrected chi connectivity index (χ3v) is 6.92. The molecule has 0 amide bonds. The molecule has 7 nitrogen and oxygen atoms in total. The summed E-state index contributed by atoms with van der Waals surface area (Å²) in [6.07, 6.45) is 6.85. The Kier molecular flexibility index (Phi) is 6.95. The number of pyridine rings is 1. The Hall–Kier alpha value is -2.91. The van der Waals surface area contributed by atoms with E-state index in [0.717, 1.165) is 17.3 Å². The van der Waals surface area contributed by atoms with E-state index in [4.69, 9.17) is 4.74 Å². The molecule has 0 aliphatic carbocycles. The van der Waals surface area contributed by atoms with Gasteiger partial charge in [0, 0.05) is 24.0 Å². The molecule has 4 rings (SSSR count). The summed E-state index contributed by atoms with van der Waals surface area (Å²) in [5.74, 6) is -0.248. The number of benzene rings is 1. The highest BCUT2D eigenvalue weighted by molar-refractivity contribution is 7.93. The Labute approximate surface area is 198 Å². The molecule has 3 aromatic rings. The summed E-state index contributed by atoms with van der Waals surface area (Å²) in [4.78, 5) is 21.6. The van der Waals surface area contributed by atoms with Crippen LogP contribution in [-0.4, -0.2) is 48.2 Å². The summed E-state index contributed by atoms with van der Waals surface area (Å²) in [5, 5.41) is 1.17. The quantitative estimate of drug-likeness (QED) is 0.421. The maximum atomic E-state index is 14.3. The first-order valence-electron chi connectivity index (χ1n) is 11.2. The first kappa shape index (κ1) is 24.2. The van der Waals surface area contributed by atoms with Gasteiger partial charge in [0.2, 0.25) is 0 Å². The van der Waals surface area contributed by atoms with E-state index in [9.17, 15) is 17.6 Å². The van der Waals surface area contributed by atoms with Crippen molar-refractivity contribution in [2.75, 3.05) is 19.5 Å². The average molecular weight is 486 g/mol. The molecule has 9 heteroatoms. The first-order valence-corrected chi connectivity index (χ1v) is 13.2. The van der Waals surface area contributed by atoms with Gasteiger partial charge in [-0.15, -0.1) is 0 Å². The molecular formula is C25H28FN3O4S. The van der Waals surface area contributed by atoms with Crippen molar-refractivity contribution in [3.05, 3.63) is 70.9 Å². The number of carbonyl (C=O) groups is 1. The summed E-state index contributed by atoms with van der Waals surface area (Å²) < 4.78 is 44.3. The average Bonchev–Trinajstić information content (AvgIpc) is 3.17. The number of ketones is 1. The fourth-order valence-electron chi connectivity index (χ4n) is 4.17. The molecule has 2 aromatic heterocycles. The normalized spacial score (nSPS) is 16.6. The first-order chi connectivity index (χ1) is 16.1. The van der Waals surface area contributed by atoms with Crippen molar-refractivity contribution in [2.45, 2.75) is 32.7 Å². The minimum absolute atomic E-state index is 0.0541. The van der Waals surface area contributed by atoms with Crippen LogP contribution in [0.4, 0.5) is 4.39 Å². The number of sulfone groups is 1. The van der Waals surface area contributed by atoms with E-state index in [1.165, 1.54) is 11.5 Å². The van der Waals surface area contributed by atoms with Gasteiger partial charge in [-0.1, -0.05) is 25.1 Å². The summed E-state index contributed by atoms with van der Waals surface area (Å²) >= 11 is 0. The van der Waals surface area contributed by atoms with Crippen molar-refractivity contribution >= 4 is 26.7 Å². The maximum absolute atomic E-state index is 14.3. The lowest BCUT2D eigenvalue weighted by atomic mass is 9.88. The van der Waals surface area contributed by atoms with Crippen LogP contribution >= 0.6 is 0 Å². The fraction of sp³-hybridized carbons (Fsp3) is 0.400. The van der Waals surface area contributed by atoms with E-state index < -0.39 is 9.84 Å². The van der Waals surface area contributed by atoms with Crippen LogP contribution in [0.25, 0.3) is 11.0 Å². The van der Waals surface area contributed by atoms with Gasteiger partial charge in [-0.3, -0.25) is 9.78 Å². The molecular weight excluding hydrogens is 457 g/mol. The Morgan fingerprint density at radius 3 is 2.76 bits per heavy atom. The van der Waals surface area contributed by atoms with Crippen LogP contribution in [0.5, 0.6) is 0 Å². The van der Waals surface area contributed by atoms with Crippen LogP contribution in [-0.2, 0) is 14.6 Å². The summed E-state index contributed by atoms with van der Waals surface area (Å²) in [6.45, 7) is 4.80. The van der Waals surface area contributed by atoms with Crippen molar-refractivity contribution in [1.82, 2.24) is 14.5 Å². The number of imidazole rings is 1. The largest absolute Gasteiger partial charge is 0.381 e. The number of rotatable bonds is 9. The lowest BCUT2D eigenvalue weighted by Crippen LogP contribution is -2.36. The molecule has 1 aliphatic heterocycles. The summed E-state index contributed by atoms with van der Waals surface area (Å²) in [6, 6.07) is 6.62. The van der Waals surface area contributed by atoms with Crippen LogP contribution in [0.15, 0.2) is 48.3 Å². The smallest absolute Gasteiger partial charge is 0.181 e. The van der Waals surface area contributed by atoms with Crippen molar-refractivity contribution < 1.29 is 22.3 Å². The maximum Gasteiger partial charge on any atom is 0.181 e. The number of halogens is 1. The molecule has 0 saturated carbocycles. The topological polar surface area (TPSA) is 91.2 Å². The van der Waals surface area contributed by atoms with Gasteiger partial charge in [-0.05, 0) is 42.5 Å². The monoisotopic (exact) mass is 485 g/mol. The molecule has 1 aromatic carbocycles. The summed E-state index contributed by atoms with van der Waals surface area (Å²) in [5.41, 5.74) is 3.20. The third-order valence-electron chi connectivity index (χ3n) is 6.27.